The molecule has 1 aliphatic heterocycles. The lowest BCUT2D eigenvalue weighted by Gasteiger charge is -2.26. The lowest BCUT2D eigenvalue weighted by Crippen LogP contribution is -2.43. The maximum absolute atomic E-state index is 4.88. The summed E-state index contributed by atoms with van der Waals surface area (Å²) in [5, 5.41) is 3.39. The molecule has 0 unspecified atom stereocenters. The number of aryl methyl sites for hydroxylation is 2. The molecule has 0 bridgehead atoms. The lowest BCUT2D eigenvalue weighted by molar-refractivity contribution is 0.226. The van der Waals surface area contributed by atoms with Crippen LogP contribution < -0.4 is 5.32 Å². The van der Waals surface area contributed by atoms with E-state index in [-0.39, 0.29) is 0 Å². The van der Waals surface area contributed by atoms with Crippen LogP contribution in [-0.2, 0) is 20.0 Å². The Hall–Kier alpha value is -1.39. The van der Waals surface area contributed by atoms with Crippen LogP contribution in [0.4, 0.5) is 0 Å². The SMILES string of the molecule is CCc1cccc2c1nc(CN1CCNCC1)n2C. The Bertz CT molecular complexity index is 567. The van der Waals surface area contributed by atoms with Crippen LogP contribution in [0.25, 0.3) is 11.0 Å². The molecule has 1 aromatic heterocycles. The fourth-order valence-electron chi connectivity index (χ4n) is 2.82. The highest BCUT2D eigenvalue weighted by molar-refractivity contribution is 5.79. The second-order valence-electron chi connectivity index (χ2n) is 5.25. The number of para-hydroxylation sites is 1. The zero-order valence-corrected chi connectivity index (χ0v) is 11.8. The number of hydrogen-bond acceptors (Lipinski definition) is 3. The van der Waals surface area contributed by atoms with E-state index in [1.807, 2.05) is 0 Å². The summed E-state index contributed by atoms with van der Waals surface area (Å²) in [4.78, 5) is 7.35. The van der Waals surface area contributed by atoms with Gasteiger partial charge in [-0.15, -0.1) is 0 Å². The maximum Gasteiger partial charge on any atom is 0.123 e. The van der Waals surface area contributed by atoms with E-state index in [0.29, 0.717) is 0 Å². The standard InChI is InChI=1S/C15H22N4/c1-3-12-5-4-6-13-15(12)17-14(18(13)2)11-19-9-7-16-8-10-19/h4-6,16H,3,7-11H2,1-2H3. The number of nitrogens with zero attached hydrogens (tertiary/aromatic N) is 3. The first-order chi connectivity index (χ1) is 9.29. The first-order valence-electron chi connectivity index (χ1n) is 7.16. The van der Waals surface area contributed by atoms with Crippen molar-refractivity contribution < 1.29 is 0 Å². The number of rotatable bonds is 3. The third kappa shape index (κ3) is 2.38. The molecule has 1 N–H and O–H groups in total. The highest BCUT2D eigenvalue weighted by Crippen LogP contribution is 2.20. The molecule has 0 radical (unpaired) electrons. The number of aromatic nitrogens is 2. The van der Waals surface area contributed by atoms with Gasteiger partial charge < -0.3 is 9.88 Å². The molecule has 1 fully saturated rings. The van der Waals surface area contributed by atoms with E-state index in [1.165, 1.54) is 22.4 Å². The predicted molar refractivity (Wildman–Crippen MR) is 78.2 cm³/mol. The molecule has 4 nitrogen and oxygen atoms in total. The second-order valence-corrected chi connectivity index (χ2v) is 5.25. The average Bonchev–Trinajstić information content (AvgIpc) is 2.77. The molecule has 4 heteroatoms. The quantitative estimate of drug-likeness (QED) is 0.906. The molecule has 0 aliphatic carbocycles. The number of nitrogens with one attached hydrogen (secondary N) is 1. The Morgan fingerprint density at radius 1 is 1.26 bits per heavy atom. The van der Waals surface area contributed by atoms with Gasteiger partial charge in [-0.05, 0) is 18.1 Å². The molecule has 0 atom stereocenters. The van der Waals surface area contributed by atoms with E-state index in [0.717, 1.165) is 39.1 Å². The summed E-state index contributed by atoms with van der Waals surface area (Å²) in [7, 11) is 2.13. The van der Waals surface area contributed by atoms with Crippen molar-refractivity contribution in [1.82, 2.24) is 19.8 Å². The van der Waals surface area contributed by atoms with Crippen LogP contribution in [-0.4, -0.2) is 40.6 Å². The minimum atomic E-state index is 0.954. The van der Waals surface area contributed by atoms with E-state index in [2.05, 4.69) is 47.0 Å². The predicted octanol–water partition coefficient (Wildman–Crippen LogP) is 1.54. The van der Waals surface area contributed by atoms with Gasteiger partial charge in [0.1, 0.15) is 5.82 Å². The lowest BCUT2D eigenvalue weighted by atomic mass is 10.1. The minimum Gasteiger partial charge on any atom is -0.330 e. The molecule has 19 heavy (non-hydrogen) atoms. The van der Waals surface area contributed by atoms with E-state index < -0.39 is 0 Å². The summed E-state index contributed by atoms with van der Waals surface area (Å²) in [6.45, 7) is 7.55. The third-order valence-corrected chi connectivity index (χ3v) is 4.04. The van der Waals surface area contributed by atoms with Gasteiger partial charge in [-0.2, -0.15) is 0 Å². The number of imidazole rings is 1. The molecule has 0 spiro atoms. The average molecular weight is 258 g/mol. The molecule has 2 heterocycles. The number of fused-ring (bicyclic) bond motifs is 1. The summed E-state index contributed by atoms with van der Waals surface area (Å²) >= 11 is 0. The Balaban J connectivity index is 1.93. The zero-order chi connectivity index (χ0) is 13.2. The molecule has 1 aliphatic rings. The fraction of sp³-hybridized carbons (Fsp3) is 0.533. The number of benzene rings is 1. The van der Waals surface area contributed by atoms with Gasteiger partial charge in [0.15, 0.2) is 0 Å². The smallest absolute Gasteiger partial charge is 0.123 e. The van der Waals surface area contributed by atoms with Crippen molar-refractivity contribution in [3.8, 4) is 0 Å². The molecule has 102 valence electrons. The monoisotopic (exact) mass is 258 g/mol. The number of piperazine rings is 1. The summed E-state index contributed by atoms with van der Waals surface area (Å²) in [6, 6.07) is 6.49. The van der Waals surface area contributed by atoms with Gasteiger partial charge in [0.2, 0.25) is 0 Å². The molecule has 1 saturated heterocycles. The van der Waals surface area contributed by atoms with Crippen molar-refractivity contribution in [3.05, 3.63) is 29.6 Å². The van der Waals surface area contributed by atoms with Crippen molar-refractivity contribution in [3.63, 3.8) is 0 Å². The summed E-state index contributed by atoms with van der Waals surface area (Å²) in [5.41, 5.74) is 3.78. The first kappa shape index (κ1) is 12.6. The van der Waals surface area contributed by atoms with E-state index in [9.17, 15) is 0 Å². The van der Waals surface area contributed by atoms with Crippen LogP contribution in [0.2, 0.25) is 0 Å². The molecule has 1 aromatic carbocycles. The van der Waals surface area contributed by atoms with E-state index >= 15 is 0 Å². The van der Waals surface area contributed by atoms with Crippen LogP contribution in [0, 0.1) is 0 Å². The minimum absolute atomic E-state index is 0.954. The fourth-order valence-corrected chi connectivity index (χ4v) is 2.82. The molecule has 0 saturated carbocycles. The first-order valence-corrected chi connectivity index (χ1v) is 7.16. The van der Waals surface area contributed by atoms with Gasteiger partial charge in [0.05, 0.1) is 17.6 Å². The largest absolute Gasteiger partial charge is 0.330 e. The van der Waals surface area contributed by atoms with Crippen molar-refractivity contribution in [2.75, 3.05) is 26.2 Å². The maximum atomic E-state index is 4.88. The molecular weight excluding hydrogens is 236 g/mol. The van der Waals surface area contributed by atoms with Crippen LogP contribution >= 0.6 is 0 Å². The van der Waals surface area contributed by atoms with Crippen molar-refractivity contribution in [2.45, 2.75) is 19.9 Å². The van der Waals surface area contributed by atoms with Crippen LogP contribution in [0.15, 0.2) is 18.2 Å². The van der Waals surface area contributed by atoms with Gasteiger partial charge in [0, 0.05) is 33.2 Å². The molecular formula is C15H22N4. The van der Waals surface area contributed by atoms with Gasteiger partial charge in [-0.3, -0.25) is 4.90 Å². The van der Waals surface area contributed by atoms with Crippen molar-refractivity contribution in [1.29, 1.82) is 0 Å². The summed E-state index contributed by atoms with van der Waals surface area (Å²) in [6.07, 6.45) is 1.04. The molecule has 3 rings (SSSR count). The van der Waals surface area contributed by atoms with Crippen molar-refractivity contribution >= 4 is 11.0 Å². The Morgan fingerprint density at radius 3 is 2.79 bits per heavy atom. The van der Waals surface area contributed by atoms with Gasteiger partial charge >= 0.3 is 0 Å². The third-order valence-electron chi connectivity index (χ3n) is 4.04. The Kier molecular flexibility index (Phi) is 3.53. The number of hydrogen-bond donors (Lipinski definition) is 1. The molecule has 0 amide bonds. The van der Waals surface area contributed by atoms with E-state index in [4.69, 9.17) is 4.98 Å². The van der Waals surface area contributed by atoms with Crippen LogP contribution in [0.1, 0.15) is 18.3 Å². The van der Waals surface area contributed by atoms with Crippen molar-refractivity contribution in [2.24, 2.45) is 7.05 Å². The summed E-state index contributed by atoms with van der Waals surface area (Å²) < 4.78 is 2.25. The normalized spacial score (nSPS) is 17.2. The highest BCUT2D eigenvalue weighted by atomic mass is 15.2. The van der Waals surface area contributed by atoms with Crippen LogP contribution in [0.3, 0.4) is 0 Å². The molecule has 2 aromatic rings. The Morgan fingerprint density at radius 2 is 2.05 bits per heavy atom. The highest BCUT2D eigenvalue weighted by Gasteiger charge is 2.15. The van der Waals surface area contributed by atoms with Crippen LogP contribution in [0.5, 0.6) is 0 Å². The zero-order valence-electron chi connectivity index (χ0n) is 11.8. The van der Waals surface area contributed by atoms with Gasteiger partial charge in [-0.25, -0.2) is 4.98 Å². The summed E-state index contributed by atoms with van der Waals surface area (Å²) in [5.74, 6) is 1.18. The van der Waals surface area contributed by atoms with Gasteiger partial charge in [0.25, 0.3) is 0 Å². The second kappa shape index (κ2) is 5.31. The Labute approximate surface area is 114 Å². The van der Waals surface area contributed by atoms with Gasteiger partial charge in [-0.1, -0.05) is 19.1 Å². The van der Waals surface area contributed by atoms with E-state index in [1.54, 1.807) is 0 Å². The topological polar surface area (TPSA) is 33.1 Å².